The van der Waals surface area contributed by atoms with Gasteiger partial charge < -0.3 is 9.80 Å². The molecule has 2 amide bonds. The number of piperazine rings is 1. The van der Waals surface area contributed by atoms with Crippen molar-refractivity contribution < 1.29 is 9.59 Å². The van der Waals surface area contributed by atoms with Gasteiger partial charge in [-0.3, -0.25) is 9.59 Å². The summed E-state index contributed by atoms with van der Waals surface area (Å²) in [5.74, 6) is 0.325. The van der Waals surface area contributed by atoms with E-state index in [4.69, 9.17) is 0 Å². The van der Waals surface area contributed by atoms with Crippen LogP contribution in [0.2, 0.25) is 0 Å². The van der Waals surface area contributed by atoms with Gasteiger partial charge in [0.05, 0.1) is 6.54 Å². The van der Waals surface area contributed by atoms with E-state index in [-0.39, 0.29) is 23.3 Å². The van der Waals surface area contributed by atoms with E-state index < -0.39 is 0 Å². The van der Waals surface area contributed by atoms with Crippen molar-refractivity contribution in [1.82, 2.24) is 9.80 Å². The molecule has 1 aliphatic carbocycles. The molecule has 1 atom stereocenters. The number of hydrogen-bond acceptors (Lipinski definition) is 2. The van der Waals surface area contributed by atoms with Crippen molar-refractivity contribution in [2.75, 3.05) is 25.0 Å². The van der Waals surface area contributed by atoms with Crippen molar-refractivity contribution in [3.8, 4) is 0 Å². The number of halogens is 1. The number of rotatable bonds is 3. The zero-order valence-corrected chi connectivity index (χ0v) is 12.1. The third-order valence-corrected chi connectivity index (χ3v) is 5.70. The van der Waals surface area contributed by atoms with E-state index in [9.17, 15) is 9.59 Å². The zero-order valence-electron chi connectivity index (χ0n) is 10.5. The van der Waals surface area contributed by atoms with Crippen LogP contribution in [0.4, 0.5) is 0 Å². The average molecular weight is 315 g/mol. The number of fused-ring (bicyclic) bond motifs is 1. The van der Waals surface area contributed by atoms with Crippen molar-refractivity contribution in [3.63, 3.8) is 0 Å². The van der Waals surface area contributed by atoms with Crippen LogP contribution < -0.4 is 0 Å². The van der Waals surface area contributed by atoms with Gasteiger partial charge in [0.15, 0.2) is 0 Å². The zero-order chi connectivity index (χ0) is 12.8. The highest BCUT2D eigenvalue weighted by molar-refractivity contribution is 9.09. The molecule has 0 aromatic carbocycles. The topological polar surface area (TPSA) is 40.6 Å². The van der Waals surface area contributed by atoms with Crippen LogP contribution >= 0.6 is 15.9 Å². The van der Waals surface area contributed by atoms with Gasteiger partial charge in [-0.05, 0) is 37.5 Å². The molecule has 4 nitrogen and oxygen atoms in total. The van der Waals surface area contributed by atoms with Crippen LogP contribution in [0.5, 0.6) is 0 Å². The van der Waals surface area contributed by atoms with Gasteiger partial charge in [-0.25, -0.2) is 0 Å². The lowest BCUT2D eigenvalue weighted by atomic mass is 9.97. The molecule has 18 heavy (non-hydrogen) atoms. The highest BCUT2D eigenvalue weighted by atomic mass is 79.9. The summed E-state index contributed by atoms with van der Waals surface area (Å²) in [5, 5.41) is 0.937. The quantitative estimate of drug-likeness (QED) is 0.739. The molecule has 0 aromatic rings. The van der Waals surface area contributed by atoms with Crippen LogP contribution in [0, 0.1) is 5.41 Å². The van der Waals surface area contributed by atoms with Gasteiger partial charge in [0.2, 0.25) is 11.8 Å². The first-order valence-corrected chi connectivity index (χ1v) is 7.92. The fourth-order valence-corrected chi connectivity index (χ4v) is 3.82. The molecule has 3 aliphatic rings. The van der Waals surface area contributed by atoms with Gasteiger partial charge in [0, 0.05) is 18.4 Å². The molecule has 1 unspecified atom stereocenters. The largest absolute Gasteiger partial charge is 0.331 e. The number of alkyl halides is 1. The Kier molecular flexibility index (Phi) is 3.12. The third-order valence-electron chi connectivity index (χ3n) is 4.51. The normalized spacial score (nSPS) is 30.4. The number of piperidine rings is 1. The molecule has 100 valence electrons. The molecule has 2 saturated heterocycles. The van der Waals surface area contributed by atoms with E-state index in [0.29, 0.717) is 6.54 Å². The standard InChI is InChI=1S/C13H19BrN2O2/c14-8-13(4-5-13)9-15-7-11(17)16-6-2-1-3-10(16)12(15)18/h10H,1-9H2. The summed E-state index contributed by atoms with van der Waals surface area (Å²) < 4.78 is 0. The predicted molar refractivity (Wildman–Crippen MR) is 71.4 cm³/mol. The molecule has 2 aliphatic heterocycles. The molecule has 0 spiro atoms. The Morgan fingerprint density at radius 3 is 2.72 bits per heavy atom. The summed E-state index contributed by atoms with van der Waals surface area (Å²) in [6, 6.07) is -0.161. The van der Waals surface area contributed by atoms with Gasteiger partial charge in [-0.15, -0.1) is 0 Å². The van der Waals surface area contributed by atoms with Gasteiger partial charge in [-0.1, -0.05) is 15.9 Å². The summed E-state index contributed by atoms with van der Waals surface area (Å²) in [6.45, 7) is 1.82. The highest BCUT2D eigenvalue weighted by Gasteiger charge is 2.47. The predicted octanol–water partition coefficient (Wildman–Crippen LogP) is 1.38. The number of carbonyl (C=O) groups excluding carboxylic acids is 2. The minimum absolute atomic E-state index is 0.143. The van der Waals surface area contributed by atoms with Crippen LogP contribution in [0.25, 0.3) is 0 Å². The lowest BCUT2D eigenvalue weighted by Gasteiger charge is -2.43. The molecule has 0 radical (unpaired) electrons. The maximum atomic E-state index is 12.4. The van der Waals surface area contributed by atoms with E-state index in [1.165, 1.54) is 12.8 Å². The average Bonchev–Trinajstić information content (AvgIpc) is 3.16. The number of carbonyl (C=O) groups is 2. The minimum Gasteiger partial charge on any atom is -0.331 e. The first kappa shape index (κ1) is 12.5. The fourth-order valence-electron chi connectivity index (χ4n) is 3.08. The number of nitrogens with zero attached hydrogens (tertiary/aromatic N) is 2. The van der Waals surface area contributed by atoms with Gasteiger partial charge in [-0.2, -0.15) is 0 Å². The molecule has 3 fully saturated rings. The maximum absolute atomic E-state index is 12.4. The van der Waals surface area contributed by atoms with Crippen molar-refractivity contribution in [2.45, 2.75) is 38.1 Å². The molecule has 3 rings (SSSR count). The molecular formula is C13H19BrN2O2. The van der Waals surface area contributed by atoms with E-state index in [1.807, 2.05) is 4.90 Å². The second-order valence-electron chi connectivity index (χ2n) is 5.93. The maximum Gasteiger partial charge on any atom is 0.245 e. The second kappa shape index (κ2) is 4.51. The fraction of sp³-hybridized carbons (Fsp3) is 0.846. The smallest absolute Gasteiger partial charge is 0.245 e. The van der Waals surface area contributed by atoms with Gasteiger partial charge >= 0.3 is 0 Å². The summed E-state index contributed by atoms with van der Waals surface area (Å²) in [6.07, 6.45) is 5.30. The van der Waals surface area contributed by atoms with E-state index >= 15 is 0 Å². The summed E-state index contributed by atoms with van der Waals surface area (Å²) >= 11 is 3.53. The van der Waals surface area contributed by atoms with Crippen LogP contribution in [-0.4, -0.2) is 52.6 Å². The van der Waals surface area contributed by atoms with E-state index in [2.05, 4.69) is 15.9 Å². The van der Waals surface area contributed by atoms with Crippen LogP contribution in [-0.2, 0) is 9.59 Å². The minimum atomic E-state index is -0.161. The van der Waals surface area contributed by atoms with Crippen molar-refractivity contribution >= 4 is 27.7 Å². The molecule has 0 bridgehead atoms. The molecule has 1 saturated carbocycles. The summed E-state index contributed by atoms with van der Waals surface area (Å²) in [4.78, 5) is 28.2. The van der Waals surface area contributed by atoms with Crippen LogP contribution in [0.1, 0.15) is 32.1 Å². The second-order valence-corrected chi connectivity index (χ2v) is 6.49. The first-order chi connectivity index (χ1) is 8.65. The Morgan fingerprint density at radius 1 is 1.28 bits per heavy atom. The van der Waals surface area contributed by atoms with Crippen LogP contribution in [0.15, 0.2) is 0 Å². The van der Waals surface area contributed by atoms with Gasteiger partial charge in [0.25, 0.3) is 0 Å². The highest BCUT2D eigenvalue weighted by Crippen LogP contribution is 2.48. The molecule has 5 heteroatoms. The van der Waals surface area contributed by atoms with E-state index in [0.717, 1.165) is 37.7 Å². The molecule has 0 N–H and O–H groups in total. The molecule has 2 heterocycles. The number of amides is 2. The summed E-state index contributed by atoms with van der Waals surface area (Å²) in [7, 11) is 0. The van der Waals surface area contributed by atoms with Gasteiger partial charge in [0.1, 0.15) is 6.04 Å². The first-order valence-electron chi connectivity index (χ1n) is 6.79. The molecular weight excluding hydrogens is 296 g/mol. The lowest BCUT2D eigenvalue weighted by Crippen LogP contribution is -2.62. The van der Waals surface area contributed by atoms with Crippen molar-refractivity contribution in [2.24, 2.45) is 5.41 Å². The van der Waals surface area contributed by atoms with Crippen molar-refractivity contribution in [1.29, 1.82) is 0 Å². The third kappa shape index (κ3) is 2.06. The Morgan fingerprint density at radius 2 is 2.06 bits per heavy atom. The van der Waals surface area contributed by atoms with Crippen molar-refractivity contribution in [3.05, 3.63) is 0 Å². The Labute approximate surface area is 116 Å². The van der Waals surface area contributed by atoms with E-state index in [1.54, 1.807) is 4.90 Å². The molecule has 0 aromatic heterocycles. The SMILES string of the molecule is O=C1C2CCCCN2C(=O)CN1CC1(CBr)CC1. The Hall–Kier alpha value is -0.580. The van der Waals surface area contributed by atoms with Crippen LogP contribution in [0.3, 0.4) is 0 Å². The Balaban J connectivity index is 1.72. The monoisotopic (exact) mass is 314 g/mol. The summed E-state index contributed by atoms with van der Waals surface area (Å²) in [5.41, 5.74) is 0.257. The lowest BCUT2D eigenvalue weighted by molar-refractivity contribution is -0.158. The number of hydrogen-bond donors (Lipinski definition) is 0. The Bertz CT molecular complexity index is 381.